The Labute approximate surface area is 196 Å². The highest BCUT2D eigenvalue weighted by Gasteiger charge is 2.29. The Morgan fingerprint density at radius 3 is 2.76 bits per heavy atom. The number of methoxy groups -OCH3 is 1. The first-order valence-corrected chi connectivity index (χ1v) is 10.9. The Balaban J connectivity index is 1.38. The predicted octanol–water partition coefficient (Wildman–Crippen LogP) is 5.08. The van der Waals surface area contributed by atoms with Gasteiger partial charge in [0.25, 0.3) is 0 Å². The van der Waals surface area contributed by atoms with Crippen LogP contribution in [-0.2, 0) is 4.74 Å². The molecule has 0 bridgehead atoms. The van der Waals surface area contributed by atoms with Gasteiger partial charge in [0.05, 0.1) is 24.8 Å². The summed E-state index contributed by atoms with van der Waals surface area (Å²) in [6, 6.07) is 23.5. The Morgan fingerprint density at radius 1 is 1.00 bits per heavy atom. The van der Waals surface area contributed by atoms with Crippen molar-refractivity contribution in [3.05, 3.63) is 90.0 Å². The van der Waals surface area contributed by atoms with Gasteiger partial charge in [0.1, 0.15) is 29.5 Å². The van der Waals surface area contributed by atoms with E-state index in [2.05, 4.69) is 4.98 Å². The van der Waals surface area contributed by atoms with Gasteiger partial charge in [-0.25, -0.2) is 9.78 Å². The number of rotatable bonds is 5. The lowest BCUT2D eigenvalue weighted by atomic mass is 10.0. The van der Waals surface area contributed by atoms with E-state index in [-0.39, 0.29) is 0 Å². The van der Waals surface area contributed by atoms with Crippen LogP contribution >= 0.6 is 0 Å². The standard InChI is InChI=1S/C27H23NO6/c1-31-27(30)18-6-4-7-19(15-18)33-24-13-14-32-23-11-10-20(16-21(23)26(24)29)34-25-12-9-17-5-2-3-8-22(17)28-25/h2-12,15-16,24,26,29H,13-14H2,1H3. The van der Waals surface area contributed by atoms with Gasteiger partial charge < -0.3 is 24.1 Å². The molecule has 1 aliphatic rings. The number of hydrogen-bond donors (Lipinski definition) is 1. The number of benzene rings is 3. The molecule has 3 aromatic carbocycles. The molecular weight excluding hydrogens is 434 g/mol. The lowest BCUT2D eigenvalue weighted by molar-refractivity contribution is 0.0310. The Kier molecular flexibility index (Phi) is 6.01. The average molecular weight is 457 g/mol. The van der Waals surface area contributed by atoms with E-state index in [0.717, 1.165) is 10.9 Å². The molecule has 0 fully saturated rings. The van der Waals surface area contributed by atoms with E-state index in [0.29, 0.717) is 47.3 Å². The molecule has 172 valence electrons. The van der Waals surface area contributed by atoms with E-state index in [4.69, 9.17) is 18.9 Å². The summed E-state index contributed by atoms with van der Waals surface area (Å²) in [5.74, 6) is 1.56. The van der Waals surface area contributed by atoms with Crippen LogP contribution in [0, 0.1) is 0 Å². The largest absolute Gasteiger partial charge is 0.493 e. The van der Waals surface area contributed by atoms with Gasteiger partial charge in [-0.2, -0.15) is 0 Å². The van der Waals surface area contributed by atoms with Crippen molar-refractivity contribution in [3.63, 3.8) is 0 Å². The van der Waals surface area contributed by atoms with Crippen LogP contribution in [0.1, 0.15) is 28.4 Å². The minimum atomic E-state index is -0.965. The molecule has 7 nitrogen and oxygen atoms in total. The summed E-state index contributed by atoms with van der Waals surface area (Å²) >= 11 is 0. The normalized spacial score (nSPS) is 17.2. The smallest absolute Gasteiger partial charge is 0.337 e. The molecule has 1 aliphatic heterocycles. The molecule has 0 radical (unpaired) electrons. The third kappa shape index (κ3) is 4.51. The SMILES string of the molecule is COC(=O)c1cccc(OC2CCOc3ccc(Oc4ccc5ccccc5n4)cc3C2O)c1. The maximum atomic E-state index is 11.8. The molecule has 0 aliphatic carbocycles. The Bertz CT molecular complexity index is 1340. The number of carbonyl (C=O) groups is 1. The minimum absolute atomic E-state index is 0.373. The summed E-state index contributed by atoms with van der Waals surface area (Å²) in [6.07, 6.45) is -1.09. The molecule has 0 saturated carbocycles. The first-order valence-electron chi connectivity index (χ1n) is 10.9. The highest BCUT2D eigenvalue weighted by molar-refractivity contribution is 5.89. The maximum absolute atomic E-state index is 11.8. The third-order valence-corrected chi connectivity index (χ3v) is 5.65. The van der Waals surface area contributed by atoms with Crippen molar-refractivity contribution < 1.29 is 28.8 Å². The topological polar surface area (TPSA) is 87.1 Å². The lowest BCUT2D eigenvalue weighted by Crippen LogP contribution is -2.25. The van der Waals surface area contributed by atoms with Crippen molar-refractivity contribution >= 4 is 16.9 Å². The summed E-state index contributed by atoms with van der Waals surface area (Å²) in [5.41, 5.74) is 1.77. The average Bonchev–Trinajstić information content (AvgIpc) is 3.02. The van der Waals surface area contributed by atoms with Crippen LogP contribution in [0.2, 0.25) is 0 Å². The van der Waals surface area contributed by atoms with E-state index in [1.807, 2.05) is 30.3 Å². The number of pyridine rings is 1. The number of nitrogens with zero attached hydrogens (tertiary/aromatic N) is 1. The van der Waals surface area contributed by atoms with Crippen molar-refractivity contribution in [3.8, 4) is 23.1 Å². The number of para-hydroxylation sites is 1. The lowest BCUT2D eigenvalue weighted by Gasteiger charge is -2.22. The Hall–Kier alpha value is -4.10. The number of aromatic nitrogens is 1. The highest BCUT2D eigenvalue weighted by atomic mass is 16.5. The zero-order chi connectivity index (χ0) is 23.5. The van der Waals surface area contributed by atoms with Crippen LogP contribution in [0.3, 0.4) is 0 Å². The van der Waals surface area contributed by atoms with Crippen LogP contribution in [0.15, 0.2) is 78.9 Å². The molecule has 1 aromatic heterocycles. The molecule has 5 rings (SSSR count). The third-order valence-electron chi connectivity index (χ3n) is 5.65. The second-order valence-electron chi connectivity index (χ2n) is 7.90. The van der Waals surface area contributed by atoms with E-state index in [1.165, 1.54) is 7.11 Å². The first-order chi connectivity index (χ1) is 16.6. The van der Waals surface area contributed by atoms with E-state index < -0.39 is 18.2 Å². The fourth-order valence-electron chi connectivity index (χ4n) is 3.93. The quantitative estimate of drug-likeness (QED) is 0.418. The maximum Gasteiger partial charge on any atom is 0.337 e. The second kappa shape index (κ2) is 9.41. The van der Waals surface area contributed by atoms with Crippen LogP contribution < -0.4 is 14.2 Å². The van der Waals surface area contributed by atoms with Gasteiger partial charge in [-0.15, -0.1) is 0 Å². The Morgan fingerprint density at radius 2 is 1.88 bits per heavy atom. The number of ether oxygens (including phenoxy) is 4. The van der Waals surface area contributed by atoms with Crippen LogP contribution in [0.25, 0.3) is 10.9 Å². The molecule has 4 aromatic rings. The fourth-order valence-corrected chi connectivity index (χ4v) is 3.93. The monoisotopic (exact) mass is 457 g/mol. The molecule has 0 spiro atoms. The summed E-state index contributed by atoms with van der Waals surface area (Å²) in [6.45, 7) is 0.373. The zero-order valence-electron chi connectivity index (χ0n) is 18.5. The fraction of sp³-hybridized carbons (Fsp3) is 0.185. The van der Waals surface area contributed by atoms with Crippen molar-refractivity contribution in [2.24, 2.45) is 0 Å². The number of hydrogen-bond acceptors (Lipinski definition) is 7. The molecule has 0 amide bonds. The summed E-state index contributed by atoms with van der Waals surface area (Å²) in [4.78, 5) is 16.4. The molecule has 0 saturated heterocycles. The van der Waals surface area contributed by atoms with E-state index in [9.17, 15) is 9.90 Å². The number of esters is 1. The van der Waals surface area contributed by atoms with E-state index in [1.54, 1.807) is 48.5 Å². The van der Waals surface area contributed by atoms with Gasteiger partial charge in [0.15, 0.2) is 0 Å². The number of fused-ring (bicyclic) bond motifs is 2. The van der Waals surface area contributed by atoms with Crippen LogP contribution in [-0.4, -0.2) is 35.9 Å². The number of carbonyl (C=O) groups excluding carboxylic acids is 1. The van der Waals surface area contributed by atoms with Crippen molar-refractivity contribution in [1.29, 1.82) is 0 Å². The molecule has 2 atom stereocenters. The molecule has 7 heteroatoms. The van der Waals surface area contributed by atoms with Gasteiger partial charge in [-0.05, 0) is 48.5 Å². The van der Waals surface area contributed by atoms with Gasteiger partial charge >= 0.3 is 5.97 Å². The van der Waals surface area contributed by atoms with Gasteiger partial charge in [0, 0.05) is 23.4 Å². The molecule has 34 heavy (non-hydrogen) atoms. The van der Waals surface area contributed by atoms with Crippen LogP contribution in [0.4, 0.5) is 0 Å². The minimum Gasteiger partial charge on any atom is -0.493 e. The van der Waals surface area contributed by atoms with Gasteiger partial charge in [-0.1, -0.05) is 24.3 Å². The summed E-state index contributed by atoms with van der Waals surface area (Å²) < 4.78 is 22.7. The first kappa shape index (κ1) is 21.7. The molecule has 2 heterocycles. The number of aliphatic hydroxyl groups is 1. The molecular formula is C27H23NO6. The molecule has 1 N–H and O–H groups in total. The summed E-state index contributed by atoms with van der Waals surface area (Å²) in [5, 5.41) is 12.2. The van der Waals surface area contributed by atoms with Crippen molar-refractivity contribution in [1.82, 2.24) is 4.98 Å². The number of aliphatic hydroxyl groups excluding tert-OH is 1. The zero-order valence-corrected chi connectivity index (χ0v) is 18.5. The van der Waals surface area contributed by atoms with E-state index >= 15 is 0 Å². The highest BCUT2D eigenvalue weighted by Crippen LogP contribution is 2.37. The second-order valence-corrected chi connectivity index (χ2v) is 7.90. The van der Waals surface area contributed by atoms with Gasteiger partial charge in [0.2, 0.25) is 5.88 Å². The summed E-state index contributed by atoms with van der Waals surface area (Å²) in [7, 11) is 1.33. The van der Waals surface area contributed by atoms with Crippen molar-refractivity contribution in [2.45, 2.75) is 18.6 Å². The van der Waals surface area contributed by atoms with Gasteiger partial charge in [-0.3, -0.25) is 0 Å². The van der Waals surface area contributed by atoms with Crippen molar-refractivity contribution in [2.75, 3.05) is 13.7 Å². The predicted molar refractivity (Wildman–Crippen MR) is 126 cm³/mol. The molecule has 2 unspecified atom stereocenters. The van der Waals surface area contributed by atoms with Crippen LogP contribution in [0.5, 0.6) is 23.1 Å².